The number of imide groups is 1. The number of nitrogens with two attached hydrogens (primary N) is 1. The summed E-state index contributed by atoms with van der Waals surface area (Å²) in [5.74, 6) is -0.901. The van der Waals surface area contributed by atoms with E-state index in [1.54, 1.807) is 24.3 Å². The topological polar surface area (TPSA) is 92.5 Å². The third-order valence-electron chi connectivity index (χ3n) is 5.08. The Bertz CT molecular complexity index is 649. The fourth-order valence-electron chi connectivity index (χ4n) is 3.65. The van der Waals surface area contributed by atoms with Gasteiger partial charge in [0.25, 0.3) is 11.8 Å². The number of carbonyl (C=O) groups excluding carboxylic acids is 3. The minimum Gasteiger partial charge on any atom is -0.354 e. The number of nitrogens with zero attached hydrogens (tertiary/aromatic N) is 1. The first-order valence-corrected chi connectivity index (χ1v) is 8.43. The lowest BCUT2D eigenvalue weighted by Crippen LogP contribution is -2.53. The molecule has 0 radical (unpaired) electrons. The Morgan fingerprint density at radius 3 is 2.46 bits per heavy atom. The average Bonchev–Trinajstić information content (AvgIpc) is 2.79. The molecule has 3 N–H and O–H groups in total. The molecule has 3 amide bonds. The van der Waals surface area contributed by atoms with Gasteiger partial charge in [0.05, 0.1) is 17.0 Å². The van der Waals surface area contributed by atoms with Gasteiger partial charge in [0.1, 0.15) is 0 Å². The second kappa shape index (κ2) is 6.36. The Morgan fingerprint density at radius 1 is 1.25 bits per heavy atom. The summed E-state index contributed by atoms with van der Waals surface area (Å²) in [6.45, 7) is 2.34. The van der Waals surface area contributed by atoms with Gasteiger partial charge in [0, 0.05) is 18.6 Å². The molecule has 1 aromatic rings. The molecule has 1 saturated carbocycles. The first-order chi connectivity index (χ1) is 11.4. The summed E-state index contributed by atoms with van der Waals surface area (Å²) in [6.07, 6.45) is 3.67. The van der Waals surface area contributed by atoms with Gasteiger partial charge < -0.3 is 11.1 Å². The van der Waals surface area contributed by atoms with Crippen LogP contribution in [0.1, 0.15) is 53.3 Å². The van der Waals surface area contributed by atoms with Crippen LogP contribution in [0.15, 0.2) is 24.3 Å². The van der Waals surface area contributed by atoms with E-state index < -0.39 is 5.54 Å². The summed E-state index contributed by atoms with van der Waals surface area (Å²) in [6, 6.07) is 6.77. The minimum absolute atomic E-state index is 0.0868. The zero-order valence-corrected chi connectivity index (χ0v) is 13.9. The van der Waals surface area contributed by atoms with Crippen molar-refractivity contribution in [2.45, 2.75) is 38.1 Å². The quantitative estimate of drug-likeness (QED) is 0.815. The largest absolute Gasteiger partial charge is 0.354 e. The highest BCUT2D eigenvalue weighted by Crippen LogP contribution is 2.31. The molecule has 2 aliphatic rings. The predicted octanol–water partition coefficient (Wildman–Crippen LogP) is 1.31. The highest BCUT2D eigenvalue weighted by molar-refractivity contribution is 6.21. The summed E-state index contributed by atoms with van der Waals surface area (Å²) in [5, 5.41) is 2.84. The van der Waals surface area contributed by atoms with Gasteiger partial charge in [-0.25, -0.2) is 0 Å². The summed E-state index contributed by atoms with van der Waals surface area (Å²) in [4.78, 5) is 38.1. The van der Waals surface area contributed by atoms with Gasteiger partial charge in [-0.15, -0.1) is 0 Å². The van der Waals surface area contributed by atoms with Crippen molar-refractivity contribution in [3.8, 4) is 0 Å². The molecule has 128 valence electrons. The van der Waals surface area contributed by atoms with Crippen LogP contribution in [0, 0.1) is 5.92 Å². The second-order valence-corrected chi connectivity index (χ2v) is 6.90. The van der Waals surface area contributed by atoms with Crippen molar-refractivity contribution in [3.63, 3.8) is 0 Å². The van der Waals surface area contributed by atoms with Crippen molar-refractivity contribution >= 4 is 17.7 Å². The van der Waals surface area contributed by atoms with Gasteiger partial charge in [0.15, 0.2) is 0 Å². The Labute approximate surface area is 141 Å². The fourth-order valence-corrected chi connectivity index (χ4v) is 3.65. The van der Waals surface area contributed by atoms with Crippen molar-refractivity contribution in [3.05, 3.63) is 35.4 Å². The maximum atomic E-state index is 12.4. The molecule has 1 aromatic carbocycles. The molecule has 6 nitrogen and oxygen atoms in total. The van der Waals surface area contributed by atoms with Crippen LogP contribution >= 0.6 is 0 Å². The van der Waals surface area contributed by atoms with E-state index in [9.17, 15) is 14.4 Å². The number of hydrogen-bond donors (Lipinski definition) is 2. The molecule has 2 atom stereocenters. The monoisotopic (exact) mass is 329 g/mol. The number of rotatable bonds is 4. The highest BCUT2D eigenvalue weighted by atomic mass is 16.2. The molecular weight excluding hydrogens is 306 g/mol. The zero-order chi connectivity index (χ0) is 17.3. The molecule has 1 fully saturated rings. The van der Waals surface area contributed by atoms with Crippen molar-refractivity contribution in [2.24, 2.45) is 11.7 Å². The molecule has 0 spiro atoms. The highest BCUT2D eigenvalue weighted by Gasteiger charge is 2.38. The summed E-state index contributed by atoms with van der Waals surface area (Å²) >= 11 is 0. The van der Waals surface area contributed by atoms with E-state index in [-0.39, 0.29) is 36.7 Å². The van der Waals surface area contributed by atoms with Gasteiger partial charge in [-0.05, 0) is 31.9 Å². The SMILES string of the molecule is CC1(N)CCCCC1C(=O)NCCN1C(=O)c2ccccc2C1=O. The molecule has 6 heteroatoms. The molecule has 3 rings (SSSR count). The Kier molecular flexibility index (Phi) is 4.41. The normalized spacial score (nSPS) is 26.4. The van der Waals surface area contributed by atoms with Gasteiger partial charge in [0.2, 0.25) is 5.91 Å². The van der Waals surface area contributed by atoms with Crippen LogP contribution in [0.5, 0.6) is 0 Å². The van der Waals surface area contributed by atoms with E-state index in [4.69, 9.17) is 5.73 Å². The van der Waals surface area contributed by atoms with Crippen molar-refractivity contribution in [2.75, 3.05) is 13.1 Å². The van der Waals surface area contributed by atoms with E-state index in [1.165, 1.54) is 4.90 Å². The van der Waals surface area contributed by atoms with Gasteiger partial charge in [-0.2, -0.15) is 0 Å². The smallest absolute Gasteiger partial charge is 0.261 e. The Morgan fingerprint density at radius 2 is 1.88 bits per heavy atom. The first-order valence-electron chi connectivity index (χ1n) is 8.43. The van der Waals surface area contributed by atoms with E-state index >= 15 is 0 Å². The Hall–Kier alpha value is -2.21. The third kappa shape index (κ3) is 2.94. The van der Waals surface area contributed by atoms with Gasteiger partial charge >= 0.3 is 0 Å². The Balaban J connectivity index is 1.57. The van der Waals surface area contributed by atoms with Crippen LogP contribution in [0.25, 0.3) is 0 Å². The number of benzene rings is 1. The van der Waals surface area contributed by atoms with Gasteiger partial charge in [-0.1, -0.05) is 25.0 Å². The van der Waals surface area contributed by atoms with E-state index in [0.717, 1.165) is 25.7 Å². The number of fused-ring (bicyclic) bond motifs is 1. The zero-order valence-electron chi connectivity index (χ0n) is 13.9. The maximum absolute atomic E-state index is 12.4. The average molecular weight is 329 g/mol. The fraction of sp³-hybridized carbons (Fsp3) is 0.500. The maximum Gasteiger partial charge on any atom is 0.261 e. The molecule has 0 saturated heterocycles. The molecular formula is C18H23N3O3. The van der Waals surface area contributed by atoms with Crippen LogP contribution < -0.4 is 11.1 Å². The van der Waals surface area contributed by atoms with Gasteiger partial charge in [-0.3, -0.25) is 19.3 Å². The van der Waals surface area contributed by atoms with Crippen LogP contribution in [0.2, 0.25) is 0 Å². The summed E-state index contributed by atoms with van der Waals surface area (Å²) < 4.78 is 0. The number of amides is 3. The predicted molar refractivity (Wildman–Crippen MR) is 89.4 cm³/mol. The lowest BCUT2D eigenvalue weighted by atomic mass is 9.74. The molecule has 1 heterocycles. The van der Waals surface area contributed by atoms with Crippen LogP contribution in [0.4, 0.5) is 0 Å². The standard InChI is InChI=1S/C18H23N3O3/c1-18(19)9-5-4-8-14(18)15(22)20-10-11-21-16(23)12-6-2-3-7-13(12)17(21)24/h2-3,6-7,14H,4-5,8-11,19H2,1H3,(H,20,22). The molecule has 24 heavy (non-hydrogen) atoms. The van der Waals surface area contributed by atoms with Crippen LogP contribution in [0.3, 0.4) is 0 Å². The lowest BCUT2D eigenvalue weighted by Gasteiger charge is -2.37. The van der Waals surface area contributed by atoms with Crippen LogP contribution in [-0.4, -0.2) is 41.2 Å². The van der Waals surface area contributed by atoms with E-state index in [1.807, 2.05) is 6.92 Å². The van der Waals surface area contributed by atoms with E-state index in [0.29, 0.717) is 11.1 Å². The number of carbonyl (C=O) groups is 3. The van der Waals surface area contributed by atoms with E-state index in [2.05, 4.69) is 5.32 Å². The molecule has 1 aliphatic heterocycles. The van der Waals surface area contributed by atoms with Crippen molar-refractivity contribution in [1.29, 1.82) is 0 Å². The molecule has 1 aliphatic carbocycles. The van der Waals surface area contributed by atoms with Crippen molar-refractivity contribution < 1.29 is 14.4 Å². The van der Waals surface area contributed by atoms with Crippen LogP contribution in [-0.2, 0) is 4.79 Å². The lowest BCUT2D eigenvalue weighted by molar-refractivity contribution is -0.128. The van der Waals surface area contributed by atoms with Crippen molar-refractivity contribution in [1.82, 2.24) is 10.2 Å². The first kappa shape index (κ1) is 16.6. The second-order valence-electron chi connectivity index (χ2n) is 6.90. The minimum atomic E-state index is -0.488. The molecule has 0 aromatic heterocycles. The number of hydrogen-bond acceptors (Lipinski definition) is 4. The summed E-state index contributed by atoms with van der Waals surface area (Å²) in [7, 11) is 0. The third-order valence-corrected chi connectivity index (χ3v) is 5.08. The molecule has 2 unspecified atom stereocenters. The number of nitrogens with one attached hydrogen (secondary N) is 1. The molecule has 0 bridgehead atoms. The summed E-state index contributed by atoms with van der Waals surface area (Å²) in [5.41, 5.74) is 6.60.